The molecule has 1 unspecified atom stereocenters. The van der Waals surface area contributed by atoms with Crippen molar-refractivity contribution >= 4 is 17.2 Å². The summed E-state index contributed by atoms with van der Waals surface area (Å²) in [5.74, 6) is 1.25. The third-order valence-corrected chi connectivity index (χ3v) is 2.68. The Balaban J connectivity index is 2.15. The standard InChI is InChI=1S/C9H12N2OS/c1-6(2)7-3-12-9(11-7)8-4-13-5-10-8/h4-7H,3H2,1-2H3. The minimum absolute atomic E-state index is 0.302. The van der Waals surface area contributed by atoms with Crippen LogP contribution < -0.4 is 0 Å². The Morgan fingerprint density at radius 2 is 2.46 bits per heavy atom. The minimum atomic E-state index is 0.302. The van der Waals surface area contributed by atoms with E-state index < -0.39 is 0 Å². The maximum absolute atomic E-state index is 5.47. The summed E-state index contributed by atoms with van der Waals surface area (Å²) in [4.78, 5) is 8.62. The number of aliphatic imine (C=N–C) groups is 1. The molecule has 1 aliphatic rings. The quantitative estimate of drug-likeness (QED) is 0.724. The van der Waals surface area contributed by atoms with E-state index in [1.165, 1.54) is 0 Å². The molecule has 3 nitrogen and oxygen atoms in total. The minimum Gasteiger partial charge on any atom is -0.474 e. The van der Waals surface area contributed by atoms with Gasteiger partial charge in [-0.1, -0.05) is 13.8 Å². The molecule has 1 aliphatic heterocycles. The molecule has 0 fully saturated rings. The zero-order valence-corrected chi connectivity index (χ0v) is 8.54. The first-order valence-corrected chi connectivity index (χ1v) is 5.31. The molecule has 13 heavy (non-hydrogen) atoms. The molecule has 2 heterocycles. The predicted octanol–water partition coefficient (Wildman–Crippen LogP) is 1.94. The molecule has 1 aromatic heterocycles. The van der Waals surface area contributed by atoms with E-state index in [4.69, 9.17) is 4.74 Å². The van der Waals surface area contributed by atoms with Crippen molar-refractivity contribution in [2.45, 2.75) is 19.9 Å². The Morgan fingerprint density at radius 1 is 1.62 bits per heavy atom. The van der Waals surface area contributed by atoms with Crippen LogP contribution in [0.2, 0.25) is 0 Å². The molecule has 0 spiro atoms. The number of nitrogens with zero attached hydrogens (tertiary/aromatic N) is 2. The van der Waals surface area contributed by atoms with Gasteiger partial charge in [-0.2, -0.15) is 0 Å². The van der Waals surface area contributed by atoms with E-state index in [1.54, 1.807) is 16.8 Å². The summed E-state index contributed by atoms with van der Waals surface area (Å²) >= 11 is 1.56. The first-order chi connectivity index (χ1) is 6.27. The first kappa shape index (κ1) is 8.69. The predicted molar refractivity (Wildman–Crippen MR) is 53.2 cm³/mol. The second-order valence-corrected chi connectivity index (χ2v) is 4.15. The highest BCUT2D eigenvalue weighted by Crippen LogP contribution is 2.17. The monoisotopic (exact) mass is 196 g/mol. The van der Waals surface area contributed by atoms with Gasteiger partial charge in [0.25, 0.3) is 0 Å². The molecule has 2 rings (SSSR count). The van der Waals surface area contributed by atoms with Crippen molar-refractivity contribution < 1.29 is 4.74 Å². The van der Waals surface area contributed by atoms with E-state index >= 15 is 0 Å². The largest absolute Gasteiger partial charge is 0.474 e. The number of thiazole rings is 1. The van der Waals surface area contributed by atoms with E-state index in [2.05, 4.69) is 23.8 Å². The van der Waals surface area contributed by atoms with Crippen LogP contribution in [0.3, 0.4) is 0 Å². The third-order valence-electron chi connectivity index (χ3n) is 2.09. The summed E-state index contributed by atoms with van der Waals surface area (Å²) in [6.45, 7) is 5.01. The van der Waals surface area contributed by atoms with Gasteiger partial charge in [-0.3, -0.25) is 0 Å². The SMILES string of the molecule is CC(C)C1COC(c2cscn2)=N1. The van der Waals surface area contributed by atoms with E-state index in [1.807, 2.05) is 5.38 Å². The second-order valence-electron chi connectivity index (χ2n) is 3.43. The average molecular weight is 196 g/mol. The zero-order chi connectivity index (χ0) is 9.26. The highest BCUT2D eigenvalue weighted by atomic mass is 32.1. The molecular weight excluding hydrogens is 184 g/mol. The summed E-state index contributed by atoms with van der Waals surface area (Å²) in [5, 5.41) is 1.96. The summed E-state index contributed by atoms with van der Waals surface area (Å²) in [6, 6.07) is 0.302. The molecule has 0 aliphatic carbocycles. The molecule has 0 saturated heterocycles. The maximum Gasteiger partial charge on any atom is 0.236 e. The lowest BCUT2D eigenvalue weighted by atomic mass is 10.1. The number of hydrogen-bond acceptors (Lipinski definition) is 4. The fourth-order valence-corrected chi connectivity index (χ4v) is 1.72. The maximum atomic E-state index is 5.47. The zero-order valence-electron chi connectivity index (χ0n) is 7.73. The fraction of sp³-hybridized carbons (Fsp3) is 0.556. The molecule has 0 radical (unpaired) electrons. The van der Waals surface area contributed by atoms with Gasteiger partial charge in [-0.25, -0.2) is 9.98 Å². The molecule has 0 bridgehead atoms. The van der Waals surface area contributed by atoms with Gasteiger partial charge in [-0.15, -0.1) is 11.3 Å². The van der Waals surface area contributed by atoms with Gasteiger partial charge < -0.3 is 4.74 Å². The number of hydrogen-bond donors (Lipinski definition) is 0. The van der Waals surface area contributed by atoms with Crippen molar-refractivity contribution in [2.75, 3.05) is 6.61 Å². The van der Waals surface area contributed by atoms with Gasteiger partial charge in [0.1, 0.15) is 12.3 Å². The topological polar surface area (TPSA) is 34.5 Å². The first-order valence-electron chi connectivity index (χ1n) is 4.36. The van der Waals surface area contributed by atoms with Crippen LogP contribution in [0.15, 0.2) is 15.9 Å². The van der Waals surface area contributed by atoms with Crippen LogP contribution >= 0.6 is 11.3 Å². The van der Waals surface area contributed by atoms with Crippen molar-refractivity contribution in [1.82, 2.24) is 4.98 Å². The summed E-state index contributed by atoms with van der Waals surface area (Å²) < 4.78 is 5.47. The Kier molecular flexibility index (Phi) is 2.31. The molecule has 70 valence electrons. The van der Waals surface area contributed by atoms with E-state index in [-0.39, 0.29) is 0 Å². The molecule has 0 saturated carbocycles. The van der Waals surface area contributed by atoms with Crippen LogP contribution in [0, 0.1) is 5.92 Å². The van der Waals surface area contributed by atoms with Crippen molar-refractivity contribution in [3.63, 3.8) is 0 Å². The highest BCUT2D eigenvalue weighted by Gasteiger charge is 2.23. The average Bonchev–Trinajstić information content (AvgIpc) is 2.75. The molecule has 1 aromatic rings. The van der Waals surface area contributed by atoms with Gasteiger partial charge in [0, 0.05) is 5.38 Å². The number of ether oxygens (including phenoxy) is 1. The second kappa shape index (κ2) is 3.46. The lowest BCUT2D eigenvalue weighted by Crippen LogP contribution is -2.13. The van der Waals surface area contributed by atoms with Crippen LogP contribution in [0.1, 0.15) is 19.5 Å². The van der Waals surface area contributed by atoms with E-state index in [0.717, 1.165) is 5.69 Å². The normalized spacial score (nSPS) is 21.8. The van der Waals surface area contributed by atoms with Crippen LogP contribution in [-0.4, -0.2) is 23.5 Å². The van der Waals surface area contributed by atoms with Gasteiger partial charge in [0.2, 0.25) is 5.90 Å². The summed E-state index contributed by atoms with van der Waals surface area (Å²) in [6.07, 6.45) is 0. The van der Waals surface area contributed by atoms with Gasteiger partial charge in [0.05, 0.1) is 11.6 Å². The van der Waals surface area contributed by atoms with E-state index in [0.29, 0.717) is 24.5 Å². The molecule has 0 amide bonds. The fourth-order valence-electron chi connectivity index (χ4n) is 1.19. The Labute approximate surface area is 81.5 Å². The van der Waals surface area contributed by atoms with Crippen molar-refractivity contribution in [3.05, 3.63) is 16.6 Å². The van der Waals surface area contributed by atoms with Crippen molar-refractivity contribution in [2.24, 2.45) is 10.9 Å². The molecule has 1 atom stereocenters. The summed E-state index contributed by atoms with van der Waals surface area (Å²) in [5.41, 5.74) is 2.66. The smallest absolute Gasteiger partial charge is 0.236 e. The Morgan fingerprint density at radius 3 is 3.00 bits per heavy atom. The van der Waals surface area contributed by atoms with Crippen LogP contribution in [0.4, 0.5) is 0 Å². The van der Waals surface area contributed by atoms with Crippen molar-refractivity contribution in [3.8, 4) is 0 Å². The van der Waals surface area contributed by atoms with Crippen LogP contribution in [-0.2, 0) is 4.74 Å². The molecule has 0 N–H and O–H groups in total. The van der Waals surface area contributed by atoms with Gasteiger partial charge in [-0.05, 0) is 5.92 Å². The Hall–Kier alpha value is -0.900. The molecule has 4 heteroatoms. The van der Waals surface area contributed by atoms with Gasteiger partial charge >= 0.3 is 0 Å². The number of rotatable bonds is 2. The molecule has 0 aromatic carbocycles. The van der Waals surface area contributed by atoms with Crippen molar-refractivity contribution in [1.29, 1.82) is 0 Å². The van der Waals surface area contributed by atoms with E-state index in [9.17, 15) is 0 Å². The number of aromatic nitrogens is 1. The lowest BCUT2D eigenvalue weighted by Gasteiger charge is -2.06. The molecular formula is C9H12N2OS. The van der Waals surface area contributed by atoms with Crippen LogP contribution in [0.5, 0.6) is 0 Å². The lowest BCUT2D eigenvalue weighted by molar-refractivity contribution is 0.291. The van der Waals surface area contributed by atoms with Gasteiger partial charge in [0.15, 0.2) is 0 Å². The summed E-state index contributed by atoms with van der Waals surface area (Å²) in [7, 11) is 0. The third kappa shape index (κ3) is 1.72. The van der Waals surface area contributed by atoms with Crippen LogP contribution in [0.25, 0.3) is 0 Å². The Bertz CT molecular complexity index is 305. The highest BCUT2D eigenvalue weighted by molar-refractivity contribution is 7.07.